The summed E-state index contributed by atoms with van der Waals surface area (Å²) in [5.41, 5.74) is 0.386. The molecule has 2 unspecified atom stereocenters. The largest absolute Gasteiger partial charge is 0.480 e. The fourth-order valence-corrected chi connectivity index (χ4v) is 1.95. The molecule has 0 aliphatic carbocycles. The summed E-state index contributed by atoms with van der Waals surface area (Å²) in [5, 5.41) is 10.6. The van der Waals surface area contributed by atoms with Gasteiger partial charge in [-0.05, 0) is 24.5 Å². The van der Waals surface area contributed by atoms with E-state index in [9.17, 15) is 27.2 Å². The summed E-state index contributed by atoms with van der Waals surface area (Å²) in [6.45, 7) is 1.45. The summed E-state index contributed by atoms with van der Waals surface area (Å²) in [5.74, 6) is -3.74. The number of carbonyl (C=O) groups is 2. The van der Waals surface area contributed by atoms with Gasteiger partial charge in [-0.3, -0.25) is 4.79 Å². The molecular formula is C15H17F4NO3. The summed E-state index contributed by atoms with van der Waals surface area (Å²) in [6.07, 6.45) is -5.94. The lowest BCUT2D eigenvalue weighted by atomic mass is 9.99. The number of rotatable bonds is 7. The minimum atomic E-state index is -4.70. The van der Waals surface area contributed by atoms with Gasteiger partial charge in [-0.25, -0.2) is 9.18 Å². The van der Waals surface area contributed by atoms with Crippen molar-refractivity contribution >= 4 is 11.9 Å². The molecule has 0 saturated carbocycles. The van der Waals surface area contributed by atoms with Crippen LogP contribution < -0.4 is 5.32 Å². The average Bonchev–Trinajstić information content (AvgIpc) is 2.43. The van der Waals surface area contributed by atoms with E-state index >= 15 is 0 Å². The third-order valence-electron chi connectivity index (χ3n) is 3.30. The Kier molecular flexibility index (Phi) is 6.53. The van der Waals surface area contributed by atoms with Crippen molar-refractivity contribution in [2.45, 2.75) is 38.4 Å². The van der Waals surface area contributed by atoms with E-state index in [2.05, 4.69) is 0 Å². The van der Waals surface area contributed by atoms with E-state index in [1.165, 1.54) is 19.1 Å². The first-order valence-electron chi connectivity index (χ1n) is 6.93. The highest BCUT2D eigenvalue weighted by molar-refractivity contribution is 5.84. The molecule has 0 fully saturated rings. The lowest BCUT2D eigenvalue weighted by Gasteiger charge is -2.19. The molecule has 0 spiro atoms. The van der Waals surface area contributed by atoms with Crippen LogP contribution in [0.15, 0.2) is 24.3 Å². The molecule has 2 N–H and O–H groups in total. The zero-order chi connectivity index (χ0) is 17.6. The summed E-state index contributed by atoms with van der Waals surface area (Å²) < 4.78 is 50.3. The van der Waals surface area contributed by atoms with Crippen molar-refractivity contribution in [2.24, 2.45) is 5.92 Å². The molecular weight excluding hydrogens is 318 g/mol. The monoisotopic (exact) mass is 335 g/mol. The Bertz CT molecular complexity index is 560. The number of aryl methyl sites for hydroxylation is 1. The second-order valence-corrected chi connectivity index (χ2v) is 5.25. The highest BCUT2D eigenvalue weighted by atomic mass is 19.4. The van der Waals surface area contributed by atoms with Gasteiger partial charge in [0.2, 0.25) is 5.91 Å². The Morgan fingerprint density at radius 2 is 1.87 bits per heavy atom. The number of hydrogen-bond acceptors (Lipinski definition) is 2. The molecule has 0 radical (unpaired) electrons. The van der Waals surface area contributed by atoms with Crippen LogP contribution in [-0.4, -0.2) is 29.2 Å². The number of aliphatic carboxylic acids is 1. The van der Waals surface area contributed by atoms with Gasteiger partial charge in [0, 0.05) is 5.92 Å². The Labute approximate surface area is 130 Å². The van der Waals surface area contributed by atoms with E-state index in [1.807, 2.05) is 5.32 Å². The van der Waals surface area contributed by atoms with Crippen molar-refractivity contribution in [1.82, 2.24) is 5.32 Å². The molecule has 4 nitrogen and oxygen atoms in total. The molecule has 1 amide bonds. The van der Waals surface area contributed by atoms with Crippen LogP contribution >= 0.6 is 0 Å². The van der Waals surface area contributed by atoms with Gasteiger partial charge in [0.15, 0.2) is 0 Å². The number of alkyl halides is 3. The minimum Gasteiger partial charge on any atom is -0.480 e. The minimum absolute atomic E-state index is 0.186. The molecule has 2 atom stereocenters. The van der Waals surface area contributed by atoms with Gasteiger partial charge < -0.3 is 10.4 Å². The van der Waals surface area contributed by atoms with E-state index in [4.69, 9.17) is 5.11 Å². The number of carbonyl (C=O) groups excluding carboxylic acids is 1. The second-order valence-electron chi connectivity index (χ2n) is 5.25. The number of carboxylic acids is 1. The van der Waals surface area contributed by atoms with Crippen molar-refractivity contribution in [3.8, 4) is 0 Å². The quantitative estimate of drug-likeness (QED) is 0.753. The Hall–Kier alpha value is -2.12. The molecule has 0 saturated heterocycles. The normalized spacial score (nSPS) is 14.1. The van der Waals surface area contributed by atoms with Crippen LogP contribution in [0, 0.1) is 11.7 Å². The zero-order valence-corrected chi connectivity index (χ0v) is 12.4. The fourth-order valence-electron chi connectivity index (χ4n) is 1.95. The van der Waals surface area contributed by atoms with Crippen molar-refractivity contribution < 1.29 is 32.3 Å². The Morgan fingerprint density at radius 1 is 1.26 bits per heavy atom. The Morgan fingerprint density at radius 3 is 2.39 bits per heavy atom. The maximum absolute atomic E-state index is 13.4. The standard InChI is InChI=1S/C15H17F4NO3/c1-9(6-7-10-4-2-3-5-11(10)16)13(21)20-12(14(22)23)8-15(17,18)19/h2-5,9,12H,6-8H2,1H3,(H,20,21)(H,22,23). The number of halogens is 4. The summed E-state index contributed by atoms with van der Waals surface area (Å²) in [4.78, 5) is 22.6. The van der Waals surface area contributed by atoms with E-state index in [0.717, 1.165) is 0 Å². The van der Waals surface area contributed by atoms with Crippen LogP contribution in [0.4, 0.5) is 17.6 Å². The molecule has 1 rings (SSSR count). The molecule has 1 aromatic carbocycles. The fraction of sp³-hybridized carbons (Fsp3) is 0.467. The van der Waals surface area contributed by atoms with E-state index in [-0.39, 0.29) is 12.8 Å². The molecule has 8 heteroatoms. The highest BCUT2D eigenvalue weighted by Gasteiger charge is 2.36. The topological polar surface area (TPSA) is 66.4 Å². The molecule has 128 valence electrons. The van der Waals surface area contributed by atoms with Gasteiger partial charge in [-0.15, -0.1) is 0 Å². The van der Waals surface area contributed by atoms with Gasteiger partial charge in [0.25, 0.3) is 0 Å². The number of carboxylic acid groups (broad SMARTS) is 1. The number of hydrogen-bond donors (Lipinski definition) is 2. The first kappa shape index (κ1) is 18.9. The Balaban J connectivity index is 2.58. The van der Waals surface area contributed by atoms with E-state index in [0.29, 0.717) is 5.56 Å². The SMILES string of the molecule is CC(CCc1ccccc1F)C(=O)NC(CC(F)(F)F)C(=O)O. The predicted molar refractivity (Wildman–Crippen MR) is 74.1 cm³/mol. The smallest absolute Gasteiger partial charge is 0.391 e. The van der Waals surface area contributed by atoms with Crippen molar-refractivity contribution in [1.29, 1.82) is 0 Å². The third-order valence-corrected chi connectivity index (χ3v) is 3.30. The van der Waals surface area contributed by atoms with Crippen molar-refractivity contribution in [3.05, 3.63) is 35.6 Å². The highest BCUT2D eigenvalue weighted by Crippen LogP contribution is 2.22. The van der Waals surface area contributed by atoms with E-state index < -0.39 is 42.3 Å². The predicted octanol–water partition coefficient (Wildman–Crippen LogP) is 2.92. The summed E-state index contributed by atoms with van der Waals surface area (Å²) in [6, 6.07) is 3.93. The van der Waals surface area contributed by atoms with Crippen LogP contribution in [0.2, 0.25) is 0 Å². The van der Waals surface area contributed by atoms with Gasteiger partial charge in [-0.2, -0.15) is 13.2 Å². The van der Waals surface area contributed by atoms with Crippen molar-refractivity contribution in [2.75, 3.05) is 0 Å². The van der Waals surface area contributed by atoms with Gasteiger partial charge in [0.1, 0.15) is 11.9 Å². The van der Waals surface area contributed by atoms with Gasteiger partial charge in [0.05, 0.1) is 6.42 Å². The molecule has 23 heavy (non-hydrogen) atoms. The third kappa shape index (κ3) is 6.66. The summed E-state index contributed by atoms with van der Waals surface area (Å²) >= 11 is 0. The van der Waals surface area contributed by atoms with Crippen LogP contribution in [0.3, 0.4) is 0 Å². The zero-order valence-electron chi connectivity index (χ0n) is 12.4. The first-order valence-corrected chi connectivity index (χ1v) is 6.93. The van der Waals surface area contributed by atoms with Crippen LogP contribution in [0.1, 0.15) is 25.3 Å². The number of nitrogens with one attached hydrogen (secondary N) is 1. The lowest BCUT2D eigenvalue weighted by molar-refractivity contribution is -0.160. The van der Waals surface area contributed by atoms with Crippen LogP contribution in [-0.2, 0) is 16.0 Å². The maximum atomic E-state index is 13.4. The molecule has 0 aliphatic rings. The number of amides is 1. The van der Waals surface area contributed by atoms with Crippen LogP contribution in [0.5, 0.6) is 0 Å². The average molecular weight is 335 g/mol. The first-order chi connectivity index (χ1) is 10.6. The van der Waals surface area contributed by atoms with Crippen LogP contribution in [0.25, 0.3) is 0 Å². The molecule has 0 bridgehead atoms. The number of benzene rings is 1. The van der Waals surface area contributed by atoms with E-state index in [1.54, 1.807) is 12.1 Å². The molecule has 0 aromatic heterocycles. The molecule has 1 aromatic rings. The van der Waals surface area contributed by atoms with Crippen molar-refractivity contribution in [3.63, 3.8) is 0 Å². The van der Waals surface area contributed by atoms with Gasteiger partial charge in [-0.1, -0.05) is 25.1 Å². The maximum Gasteiger partial charge on any atom is 0.391 e. The summed E-state index contributed by atoms with van der Waals surface area (Å²) in [7, 11) is 0. The second kappa shape index (κ2) is 7.94. The van der Waals surface area contributed by atoms with Gasteiger partial charge >= 0.3 is 12.1 Å². The lowest BCUT2D eigenvalue weighted by Crippen LogP contribution is -2.45. The molecule has 0 heterocycles. The molecule has 0 aliphatic heterocycles.